The molecule has 0 bridgehead atoms. The lowest BCUT2D eigenvalue weighted by molar-refractivity contribution is 0.253. The maximum atomic E-state index is 11.0. The van der Waals surface area contributed by atoms with Gasteiger partial charge in [-0.05, 0) is 22.9 Å². The first-order chi connectivity index (χ1) is 7.72. The van der Waals surface area contributed by atoms with E-state index < -0.39 is 6.03 Å². The molecule has 5 heteroatoms. The highest BCUT2D eigenvalue weighted by Gasteiger charge is 2.10. The van der Waals surface area contributed by atoms with Gasteiger partial charge in [-0.1, -0.05) is 35.6 Å². The number of hydrogen-bond donors (Lipinski definition) is 2. The molecule has 0 aliphatic heterocycles. The van der Waals surface area contributed by atoms with E-state index in [4.69, 9.17) is 11.3 Å². The first kappa shape index (κ1) is 10.1. The Hall–Kier alpha value is -2.43. The molecule has 0 saturated carbocycles. The SMILES string of the molecule is N=NN(C(N)=O)c1ccc2ccccc2c1. The molecule has 0 radical (unpaired) electrons. The first-order valence-corrected chi connectivity index (χ1v) is 4.68. The molecule has 5 nitrogen and oxygen atoms in total. The Morgan fingerprint density at radius 2 is 1.88 bits per heavy atom. The van der Waals surface area contributed by atoms with Crippen LogP contribution in [0, 0.1) is 5.53 Å². The molecule has 0 aliphatic carbocycles. The highest BCUT2D eigenvalue weighted by atomic mass is 16.2. The average Bonchev–Trinajstić information content (AvgIpc) is 2.29. The van der Waals surface area contributed by atoms with Gasteiger partial charge in [-0.25, -0.2) is 4.79 Å². The van der Waals surface area contributed by atoms with Gasteiger partial charge in [0.05, 0.1) is 5.69 Å². The largest absolute Gasteiger partial charge is 0.350 e. The summed E-state index contributed by atoms with van der Waals surface area (Å²) in [6.45, 7) is 0. The van der Waals surface area contributed by atoms with E-state index in [1.807, 2.05) is 30.3 Å². The van der Waals surface area contributed by atoms with Gasteiger partial charge < -0.3 is 5.73 Å². The van der Waals surface area contributed by atoms with Crippen LogP contribution in [0.1, 0.15) is 0 Å². The van der Waals surface area contributed by atoms with Gasteiger partial charge in [-0.15, -0.1) is 0 Å². The van der Waals surface area contributed by atoms with Crippen molar-refractivity contribution >= 4 is 22.5 Å². The molecule has 0 fully saturated rings. The zero-order valence-electron chi connectivity index (χ0n) is 8.42. The average molecular weight is 214 g/mol. The third-order valence-electron chi connectivity index (χ3n) is 2.29. The molecule has 0 heterocycles. The molecule has 2 amide bonds. The van der Waals surface area contributed by atoms with Crippen molar-refractivity contribution in [2.45, 2.75) is 0 Å². The van der Waals surface area contributed by atoms with Crippen molar-refractivity contribution in [1.82, 2.24) is 0 Å². The van der Waals surface area contributed by atoms with Crippen molar-refractivity contribution in [2.24, 2.45) is 11.0 Å². The number of amides is 2. The number of primary amides is 1. The molecule has 0 spiro atoms. The predicted molar refractivity (Wildman–Crippen MR) is 61.2 cm³/mol. The third kappa shape index (κ3) is 1.70. The topological polar surface area (TPSA) is 82.5 Å². The number of anilines is 1. The molecule has 2 aromatic carbocycles. The van der Waals surface area contributed by atoms with Gasteiger partial charge in [0.15, 0.2) is 0 Å². The molecule has 80 valence electrons. The van der Waals surface area contributed by atoms with Crippen molar-refractivity contribution < 1.29 is 4.79 Å². The number of carbonyl (C=O) groups excluding carboxylic acids is 1. The van der Waals surface area contributed by atoms with Crippen LogP contribution >= 0.6 is 0 Å². The molecule has 0 atom stereocenters. The van der Waals surface area contributed by atoms with Gasteiger partial charge >= 0.3 is 6.03 Å². The van der Waals surface area contributed by atoms with E-state index in [-0.39, 0.29) is 0 Å². The highest BCUT2D eigenvalue weighted by Crippen LogP contribution is 2.22. The van der Waals surface area contributed by atoms with Gasteiger partial charge in [0.25, 0.3) is 0 Å². The maximum Gasteiger partial charge on any atom is 0.341 e. The Morgan fingerprint density at radius 1 is 1.19 bits per heavy atom. The lowest BCUT2D eigenvalue weighted by atomic mass is 10.1. The highest BCUT2D eigenvalue weighted by molar-refractivity contribution is 5.93. The van der Waals surface area contributed by atoms with Crippen molar-refractivity contribution in [3.63, 3.8) is 0 Å². The number of benzene rings is 2. The summed E-state index contributed by atoms with van der Waals surface area (Å²) < 4.78 is 0. The van der Waals surface area contributed by atoms with Crippen LogP contribution in [0.3, 0.4) is 0 Å². The lowest BCUT2D eigenvalue weighted by Crippen LogP contribution is -2.30. The lowest BCUT2D eigenvalue weighted by Gasteiger charge is -2.12. The summed E-state index contributed by atoms with van der Waals surface area (Å²) >= 11 is 0. The van der Waals surface area contributed by atoms with Crippen LogP contribution < -0.4 is 10.7 Å². The van der Waals surface area contributed by atoms with Crippen LogP contribution in [0.5, 0.6) is 0 Å². The van der Waals surface area contributed by atoms with Crippen LogP contribution in [0.25, 0.3) is 10.8 Å². The van der Waals surface area contributed by atoms with E-state index in [1.165, 1.54) is 0 Å². The number of rotatable bonds is 2. The monoisotopic (exact) mass is 214 g/mol. The van der Waals surface area contributed by atoms with E-state index >= 15 is 0 Å². The quantitative estimate of drug-likeness (QED) is 0.584. The first-order valence-electron chi connectivity index (χ1n) is 4.68. The summed E-state index contributed by atoms with van der Waals surface area (Å²) in [4.78, 5) is 11.0. The molecule has 2 rings (SSSR count). The zero-order chi connectivity index (χ0) is 11.5. The van der Waals surface area contributed by atoms with Gasteiger partial charge in [0.1, 0.15) is 0 Å². The Labute approximate surface area is 91.9 Å². The summed E-state index contributed by atoms with van der Waals surface area (Å²) in [7, 11) is 0. The van der Waals surface area contributed by atoms with Gasteiger partial charge in [0, 0.05) is 0 Å². The van der Waals surface area contributed by atoms with Crippen LogP contribution in [0.15, 0.2) is 47.7 Å². The van der Waals surface area contributed by atoms with Crippen molar-refractivity contribution in [1.29, 1.82) is 5.53 Å². The normalized spacial score (nSPS) is 10.0. The summed E-state index contributed by atoms with van der Waals surface area (Å²) in [5.41, 5.74) is 12.5. The number of fused-ring (bicyclic) bond motifs is 1. The van der Waals surface area contributed by atoms with Crippen LogP contribution in [0.4, 0.5) is 10.5 Å². The Kier molecular flexibility index (Phi) is 2.51. The smallest absolute Gasteiger partial charge is 0.341 e. The van der Waals surface area contributed by atoms with E-state index in [9.17, 15) is 4.79 Å². The second-order valence-corrected chi connectivity index (χ2v) is 3.28. The summed E-state index contributed by atoms with van der Waals surface area (Å²) in [5.74, 6) is 0. The number of nitrogens with two attached hydrogens (primary N) is 1. The van der Waals surface area contributed by atoms with Crippen molar-refractivity contribution in [2.75, 3.05) is 5.01 Å². The second kappa shape index (κ2) is 3.98. The van der Waals surface area contributed by atoms with E-state index in [0.717, 1.165) is 15.8 Å². The van der Waals surface area contributed by atoms with Crippen LogP contribution in [-0.2, 0) is 0 Å². The molecule has 0 aromatic heterocycles. The fourth-order valence-corrected chi connectivity index (χ4v) is 1.54. The summed E-state index contributed by atoms with van der Waals surface area (Å²) in [6, 6.07) is 12.3. The summed E-state index contributed by atoms with van der Waals surface area (Å²) in [5, 5.41) is 5.94. The van der Waals surface area contributed by atoms with E-state index in [1.54, 1.807) is 12.1 Å². The van der Waals surface area contributed by atoms with Crippen LogP contribution in [0.2, 0.25) is 0 Å². The molecule has 2 aromatic rings. The standard InChI is InChI=1S/C11H10N4O/c12-11(16)15(14-13)10-6-5-8-3-1-2-4-9(8)7-10/h1-7,13H,(H2,12,16). The fraction of sp³-hybridized carbons (Fsp3) is 0. The molecular weight excluding hydrogens is 204 g/mol. The van der Waals surface area contributed by atoms with Gasteiger partial charge in [-0.3, -0.25) is 0 Å². The Balaban J connectivity index is 2.53. The Bertz CT molecular complexity index is 552. The molecule has 3 N–H and O–H groups in total. The second-order valence-electron chi connectivity index (χ2n) is 3.28. The van der Waals surface area contributed by atoms with Crippen LogP contribution in [-0.4, -0.2) is 6.03 Å². The number of hydrogen-bond acceptors (Lipinski definition) is 3. The summed E-state index contributed by atoms with van der Waals surface area (Å²) in [6.07, 6.45) is 0. The number of urea groups is 1. The van der Waals surface area contributed by atoms with E-state index in [2.05, 4.69) is 5.22 Å². The maximum absolute atomic E-state index is 11.0. The molecule has 0 aliphatic rings. The Morgan fingerprint density at radius 3 is 2.50 bits per heavy atom. The minimum Gasteiger partial charge on any atom is -0.350 e. The predicted octanol–water partition coefficient (Wildman–Crippen LogP) is 2.67. The molecule has 0 saturated heterocycles. The number of nitrogens with zero attached hydrogens (tertiary/aromatic N) is 2. The molecular formula is C11H10N4O. The minimum atomic E-state index is -0.773. The molecule has 16 heavy (non-hydrogen) atoms. The third-order valence-corrected chi connectivity index (χ3v) is 2.29. The van der Waals surface area contributed by atoms with Gasteiger partial charge in [0.2, 0.25) is 0 Å². The zero-order valence-corrected chi connectivity index (χ0v) is 8.42. The molecule has 0 unspecified atom stereocenters. The minimum absolute atomic E-state index is 0.487. The van der Waals surface area contributed by atoms with Crippen molar-refractivity contribution in [3.05, 3.63) is 42.5 Å². The van der Waals surface area contributed by atoms with Gasteiger partial charge in [-0.2, -0.15) is 10.5 Å². The number of carbonyl (C=O) groups is 1. The fourth-order valence-electron chi connectivity index (χ4n) is 1.54. The van der Waals surface area contributed by atoms with E-state index in [0.29, 0.717) is 5.69 Å². The number of nitrogens with one attached hydrogen (secondary N) is 1. The van der Waals surface area contributed by atoms with Crippen molar-refractivity contribution in [3.8, 4) is 0 Å².